The highest BCUT2D eigenvalue weighted by Gasteiger charge is 2.22. The summed E-state index contributed by atoms with van der Waals surface area (Å²) >= 11 is 0. The number of carbonyl (C=O) groups is 1. The molecule has 0 saturated carbocycles. The van der Waals surface area contributed by atoms with E-state index in [0.29, 0.717) is 25.4 Å². The van der Waals surface area contributed by atoms with Crippen molar-refractivity contribution in [3.8, 4) is 5.75 Å². The van der Waals surface area contributed by atoms with Crippen LogP contribution in [0.15, 0.2) is 66.7 Å². The largest absolute Gasteiger partial charge is 0.494 e. The van der Waals surface area contributed by atoms with Crippen LogP contribution in [0.5, 0.6) is 5.75 Å². The Morgan fingerprint density at radius 2 is 1.62 bits per heavy atom. The van der Waals surface area contributed by atoms with Gasteiger partial charge in [0.2, 0.25) is 0 Å². The third kappa shape index (κ3) is 5.32. The number of carboxylic acids is 1. The van der Waals surface area contributed by atoms with E-state index in [1.54, 1.807) is 0 Å². The molecule has 5 heteroatoms. The summed E-state index contributed by atoms with van der Waals surface area (Å²) in [5, 5.41) is 14.6. The summed E-state index contributed by atoms with van der Waals surface area (Å²) in [6, 6.07) is 22.6. The summed E-state index contributed by atoms with van der Waals surface area (Å²) < 4.78 is 7.45. The maximum atomic E-state index is 12.4. The van der Waals surface area contributed by atoms with E-state index in [-0.39, 0.29) is 0 Å². The van der Waals surface area contributed by atoms with Gasteiger partial charge < -0.3 is 19.7 Å². The van der Waals surface area contributed by atoms with E-state index in [9.17, 15) is 9.90 Å². The molecule has 1 aromatic heterocycles. The second kappa shape index (κ2) is 10.6. The minimum Gasteiger partial charge on any atom is -0.494 e. The Bertz CT molecular complexity index is 1270. The number of aromatic carboxylic acids is 1. The molecule has 0 amide bonds. The van der Waals surface area contributed by atoms with Crippen LogP contribution in [0.2, 0.25) is 0 Å². The number of hydrogen-bond acceptors (Lipinski definition) is 3. The van der Waals surface area contributed by atoms with Crippen LogP contribution in [0, 0.1) is 13.8 Å². The van der Waals surface area contributed by atoms with E-state index < -0.39 is 5.97 Å². The van der Waals surface area contributed by atoms with Gasteiger partial charge in [0.05, 0.1) is 6.61 Å². The number of benzene rings is 3. The predicted octanol–water partition coefficient (Wildman–Crippen LogP) is 5.74. The number of ether oxygens (including phenoxy) is 1. The Morgan fingerprint density at radius 3 is 2.29 bits per heavy atom. The normalized spacial score (nSPS) is 11.1. The average molecular weight is 457 g/mol. The minimum absolute atomic E-state index is 0.356. The molecule has 3 aromatic carbocycles. The third-order valence-electron chi connectivity index (χ3n) is 6.12. The van der Waals surface area contributed by atoms with Crippen molar-refractivity contribution in [3.05, 3.63) is 100 Å². The van der Waals surface area contributed by atoms with Crippen molar-refractivity contribution in [1.82, 2.24) is 9.88 Å². The van der Waals surface area contributed by atoms with Crippen molar-refractivity contribution in [2.75, 3.05) is 13.2 Å². The molecule has 0 aliphatic rings. The molecule has 1 heterocycles. The summed E-state index contributed by atoms with van der Waals surface area (Å²) in [6.07, 6.45) is 0.857. The van der Waals surface area contributed by atoms with Crippen molar-refractivity contribution < 1.29 is 14.6 Å². The zero-order valence-corrected chi connectivity index (χ0v) is 20.1. The summed E-state index contributed by atoms with van der Waals surface area (Å²) in [6.45, 7) is 8.50. The number of carboxylic acid groups (broad SMARTS) is 1. The Balaban J connectivity index is 1.57. The first-order valence-corrected chi connectivity index (χ1v) is 11.8. The van der Waals surface area contributed by atoms with Crippen LogP contribution >= 0.6 is 0 Å². The lowest BCUT2D eigenvalue weighted by Crippen LogP contribution is -2.19. The fraction of sp³-hybridized carbons (Fsp3) is 0.276. The zero-order valence-electron chi connectivity index (χ0n) is 20.1. The Morgan fingerprint density at radius 1 is 0.941 bits per heavy atom. The molecule has 0 spiro atoms. The summed E-state index contributed by atoms with van der Waals surface area (Å²) in [7, 11) is 0. The Hall–Kier alpha value is -3.57. The van der Waals surface area contributed by atoms with Gasteiger partial charge in [0, 0.05) is 29.6 Å². The van der Waals surface area contributed by atoms with Crippen molar-refractivity contribution in [2.45, 2.75) is 40.3 Å². The summed E-state index contributed by atoms with van der Waals surface area (Å²) in [5.41, 5.74) is 6.75. The van der Waals surface area contributed by atoms with E-state index in [1.165, 1.54) is 11.1 Å². The molecule has 0 unspecified atom stereocenters. The highest BCUT2D eigenvalue weighted by atomic mass is 16.5. The second-order valence-corrected chi connectivity index (χ2v) is 8.73. The molecule has 34 heavy (non-hydrogen) atoms. The molecule has 0 aliphatic carbocycles. The zero-order chi connectivity index (χ0) is 24.1. The Kier molecular flexibility index (Phi) is 7.33. The minimum atomic E-state index is -0.899. The van der Waals surface area contributed by atoms with E-state index in [0.717, 1.165) is 46.3 Å². The molecule has 0 fully saturated rings. The molecule has 4 aromatic rings. The van der Waals surface area contributed by atoms with Crippen molar-refractivity contribution in [1.29, 1.82) is 0 Å². The number of hydrogen-bond donors (Lipinski definition) is 2. The molecule has 0 aliphatic heterocycles. The smallest absolute Gasteiger partial charge is 0.352 e. The molecule has 176 valence electrons. The van der Waals surface area contributed by atoms with Gasteiger partial charge in [-0.3, -0.25) is 0 Å². The van der Waals surface area contributed by atoms with Gasteiger partial charge >= 0.3 is 5.97 Å². The molecule has 5 nitrogen and oxygen atoms in total. The molecule has 2 N–H and O–H groups in total. The highest BCUT2D eigenvalue weighted by molar-refractivity contribution is 5.98. The summed E-state index contributed by atoms with van der Waals surface area (Å²) in [5.74, 6) is -0.0220. The van der Waals surface area contributed by atoms with Gasteiger partial charge in [-0.05, 0) is 68.6 Å². The van der Waals surface area contributed by atoms with Crippen LogP contribution in [0.3, 0.4) is 0 Å². The van der Waals surface area contributed by atoms with Gasteiger partial charge in [-0.25, -0.2) is 4.79 Å². The van der Waals surface area contributed by atoms with Crippen LogP contribution in [0.4, 0.5) is 0 Å². The van der Waals surface area contributed by atoms with Crippen LogP contribution < -0.4 is 10.1 Å². The van der Waals surface area contributed by atoms with E-state index in [1.807, 2.05) is 42.7 Å². The third-order valence-corrected chi connectivity index (χ3v) is 6.12. The molecular formula is C29H32N2O3. The number of rotatable bonds is 10. The van der Waals surface area contributed by atoms with Crippen LogP contribution in [-0.2, 0) is 19.5 Å². The monoisotopic (exact) mass is 456 g/mol. The molecule has 0 radical (unpaired) electrons. The second-order valence-electron chi connectivity index (χ2n) is 8.73. The quantitative estimate of drug-likeness (QED) is 0.299. The number of fused-ring (bicyclic) bond motifs is 1. The van der Waals surface area contributed by atoms with Gasteiger partial charge in [0.25, 0.3) is 0 Å². The van der Waals surface area contributed by atoms with Gasteiger partial charge in [-0.1, -0.05) is 54.1 Å². The summed E-state index contributed by atoms with van der Waals surface area (Å²) in [4.78, 5) is 12.4. The molecule has 4 rings (SSSR count). The number of nitrogens with zero attached hydrogens (tertiary/aromatic N) is 1. The molecule has 0 bridgehead atoms. The first-order valence-electron chi connectivity index (χ1n) is 11.8. The first-order chi connectivity index (χ1) is 16.5. The fourth-order valence-electron chi connectivity index (χ4n) is 4.36. The van der Waals surface area contributed by atoms with Crippen LogP contribution in [-0.4, -0.2) is 28.8 Å². The highest BCUT2D eigenvalue weighted by Crippen LogP contribution is 2.29. The number of aromatic nitrogens is 1. The van der Waals surface area contributed by atoms with Crippen molar-refractivity contribution in [3.63, 3.8) is 0 Å². The van der Waals surface area contributed by atoms with Gasteiger partial charge in [0.1, 0.15) is 11.4 Å². The topological polar surface area (TPSA) is 63.5 Å². The molecular weight excluding hydrogens is 424 g/mol. The number of aryl methyl sites for hydroxylation is 2. The van der Waals surface area contributed by atoms with Gasteiger partial charge in [0.15, 0.2) is 0 Å². The standard InChI is InChI=1S/C29H32N2O3/c1-4-34-24-12-10-22(11-13-24)15-16-30-18-26-25-14-7-21(3)17-27(25)31(28(26)29(32)33)19-23-8-5-20(2)6-9-23/h5-14,17,30H,4,15-16,18-19H2,1-3H3,(H,32,33). The molecule has 0 atom stereocenters. The lowest BCUT2D eigenvalue weighted by Gasteiger charge is -2.11. The van der Waals surface area contributed by atoms with E-state index >= 15 is 0 Å². The van der Waals surface area contributed by atoms with Crippen LogP contribution in [0.25, 0.3) is 10.9 Å². The maximum Gasteiger partial charge on any atom is 0.352 e. The lowest BCUT2D eigenvalue weighted by atomic mass is 10.1. The van der Waals surface area contributed by atoms with Gasteiger partial charge in [-0.15, -0.1) is 0 Å². The SMILES string of the molecule is CCOc1ccc(CCNCc2c(C(=O)O)n(Cc3ccc(C)cc3)c3cc(C)ccc23)cc1. The van der Waals surface area contributed by atoms with Crippen LogP contribution in [0.1, 0.15) is 45.2 Å². The molecule has 0 saturated heterocycles. The Labute approximate surface area is 201 Å². The van der Waals surface area contributed by atoms with E-state index in [4.69, 9.17) is 4.74 Å². The maximum absolute atomic E-state index is 12.4. The van der Waals surface area contributed by atoms with Gasteiger partial charge in [-0.2, -0.15) is 0 Å². The van der Waals surface area contributed by atoms with Crippen molar-refractivity contribution in [2.24, 2.45) is 0 Å². The first kappa shape index (κ1) is 23.6. The fourth-order valence-corrected chi connectivity index (χ4v) is 4.36. The van der Waals surface area contributed by atoms with E-state index in [2.05, 4.69) is 54.7 Å². The van der Waals surface area contributed by atoms with Crippen molar-refractivity contribution >= 4 is 16.9 Å². The predicted molar refractivity (Wildman–Crippen MR) is 137 cm³/mol. The lowest BCUT2D eigenvalue weighted by molar-refractivity contribution is 0.0684. The average Bonchev–Trinajstić information content (AvgIpc) is 3.12. The number of nitrogens with one attached hydrogen (secondary N) is 1.